The fraction of sp³-hybridized carbons (Fsp3) is 0.150. The summed E-state index contributed by atoms with van der Waals surface area (Å²) in [6.45, 7) is 3.19. The molecule has 2 N–H and O–H groups in total. The molecule has 1 saturated heterocycles. The molecular weight excluding hydrogens is 392 g/mol. The summed E-state index contributed by atoms with van der Waals surface area (Å²) in [5.41, 5.74) is 2.96. The van der Waals surface area contributed by atoms with Crippen molar-refractivity contribution in [1.29, 1.82) is 0 Å². The van der Waals surface area contributed by atoms with Crippen molar-refractivity contribution in [3.05, 3.63) is 65.2 Å². The maximum Gasteiger partial charge on any atom is 0.321 e. The molecule has 0 saturated carbocycles. The summed E-state index contributed by atoms with van der Waals surface area (Å²) in [6.07, 6.45) is 0. The molecule has 2 heterocycles. The molecule has 28 heavy (non-hydrogen) atoms. The number of nitrogens with one attached hydrogen (secondary N) is 2. The van der Waals surface area contributed by atoms with E-state index < -0.39 is 0 Å². The van der Waals surface area contributed by atoms with Crippen LogP contribution in [0.4, 0.5) is 16.2 Å². The lowest BCUT2D eigenvalue weighted by atomic mass is 10.1. The van der Waals surface area contributed by atoms with E-state index >= 15 is 0 Å². The van der Waals surface area contributed by atoms with Crippen molar-refractivity contribution < 1.29 is 9.59 Å². The molecule has 142 valence electrons. The molecule has 2 aromatic carbocycles. The van der Waals surface area contributed by atoms with Crippen molar-refractivity contribution in [3.63, 3.8) is 0 Å². The van der Waals surface area contributed by atoms with Crippen molar-refractivity contribution in [2.45, 2.75) is 16.2 Å². The highest BCUT2D eigenvalue weighted by atomic mass is 32.2. The Kier molecular flexibility index (Phi) is 5.31. The number of urea groups is 1. The second-order valence-corrected chi connectivity index (χ2v) is 8.45. The van der Waals surface area contributed by atoms with Crippen molar-refractivity contribution >= 4 is 46.4 Å². The Labute approximate surface area is 171 Å². The minimum absolute atomic E-state index is 0.138. The largest absolute Gasteiger partial charge is 0.336 e. The zero-order chi connectivity index (χ0) is 19.5. The van der Waals surface area contributed by atoms with Gasteiger partial charge in [-0.3, -0.25) is 9.69 Å². The van der Waals surface area contributed by atoms with Gasteiger partial charge in [0, 0.05) is 46.0 Å². The van der Waals surface area contributed by atoms with E-state index in [1.54, 1.807) is 46.2 Å². The van der Waals surface area contributed by atoms with Gasteiger partial charge in [-0.15, -0.1) is 11.3 Å². The number of aromatic nitrogens is 1. The minimum atomic E-state index is -0.211. The molecule has 0 aliphatic carbocycles. The monoisotopic (exact) mass is 410 g/mol. The first-order valence-electron chi connectivity index (χ1n) is 8.75. The van der Waals surface area contributed by atoms with Crippen LogP contribution in [0.5, 0.6) is 0 Å². The molecule has 1 aliphatic rings. The van der Waals surface area contributed by atoms with Crippen LogP contribution in [0.3, 0.4) is 0 Å². The van der Waals surface area contributed by atoms with Gasteiger partial charge in [0.15, 0.2) is 4.34 Å². The molecular formula is C20H18N4O2S2. The third-order valence-electron chi connectivity index (χ3n) is 4.19. The molecule has 1 fully saturated rings. The first kappa shape index (κ1) is 18.5. The van der Waals surface area contributed by atoms with E-state index in [9.17, 15) is 9.59 Å². The van der Waals surface area contributed by atoms with E-state index in [2.05, 4.69) is 15.6 Å². The SMILES string of the molecule is Cc1csc(Sc2ccc(NC(=O)c3cccc(N4CCNC4=O)c3)cc2)n1. The molecule has 4 rings (SSSR count). The van der Waals surface area contributed by atoms with Crippen LogP contribution in [0.2, 0.25) is 0 Å². The molecule has 3 aromatic rings. The smallest absolute Gasteiger partial charge is 0.321 e. The number of anilines is 2. The van der Waals surface area contributed by atoms with Gasteiger partial charge in [0.1, 0.15) is 0 Å². The first-order chi connectivity index (χ1) is 13.6. The number of hydrogen-bond donors (Lipinski definition) is 2. The molecule has 8 heteroatoms. The number of thiazole rings is 1. The van der Waals surface area contributed by atoms with E-state index in [-0.39, 0.29) is 11.9 Å². The summed E-state index contributed by atoms with van der Waals surface area (Å²) < 4.78 is 0.997. The van der Waals surface area contributed by atoms with Gasteiger partial charge in [-0.25, -0.2) is 9.78 Å². The average molecular weight is 411 g/mol. The number of benzene rings is 2. The highest BCUT2D eigenvalue weighted by Gasteiger charge is 2.21. The number of carbonyl (C=O) groups excluding carboxylic acids is 2. The summed E-state index contributed by atoms with van der Waals surface area (Å²) in [4.78, 5) is 31.6. The molecule has 3 amide bonds. The van der Waals surface area contributed by atoms with Gasteiger partial charge >= 0.3 is 6.03 Å². The van der Waals surface area contributed by atoms with E-state index in [0.717, 1.165) is 14.9 Å². The molecule has 6 nitrogen and oxygen atoms in total. The van der Waals surface area contributed by atoms with Gasteiger partial charge in [-0.2, -0.15) is 0 Å². The Hall–Kier alpha value is -2.84. The maximum atomic E-state index is 12.6. The van der Waals surface area contributed by atoms with Gasteiger partial charge in [0.05, 0.1) is 0 Å². The van der Waals surface area contributed by atoms with Crippen LogP contribution >= 0.6 is 23.1 Å². The van der Waals surface area contributed by atoms with Crippen molar-refractivity contribution in [2.75, 3.05) is 23.3 Å². The van der Waals surface area contributed by atoms with Crippen molar-refractivity contribution in [2.24, 2.45) is 0 Å². The first-order valence-corrected chi connectivity index (χ1v) is 10.4. The number of amides is 3. The predicted molar refractivity (Wildman–Crippen MR) is 113 cm³/mol. The van der Waals surface area contributed by atoms with Gasteiger partial charge in [-0.1, -0.05) is 17.8 Å². The molecule has 0 bridgehead atoms. The summed E-state index contributed by atoms with van der Waals surface area (Å²) >= 11 is 3.22. The predicted octanol–water partition coefficient (Wildman–Crippen LogP) is 4.38. The Morgan fingerprint density at radius 2 is 2.07 bits per heavy atom. The molecule has 0 unspecified atom stereocenters. The van der Waals surface area contributed by atoms with Crippen LogP contribution in [-0.4, -0.2) is 30.0 Å². The zero-order valence-corrected chi connectivity index (χ0v) is 16.8. The second-order valence-electron chi connectivity index (χ2n) is 6.27. The van der Waals surface area contributed by atoms with Gasteiger partial charge in [-0.05, 0) is 49.4 Å². The number of rotatable bonds is 5. The van der Waals surface area contributed by atoms with E-state index in [4.69, 9.17) is 0 Å². The van der Waals surface area contributed by atoms with E-state index in [0.29, 0.717) is 30.0 Å². The number of hydrogen-bond acceptors (Lipinski definition) is 5. The second kappa shape index (κ2) is 8.04. The number of aryl methyl sites for hydroxylation is 1. The van der Waals surface area contributed by atoms with Gasteiger partial charge < -0.3 is 10.6 Å². The molecule has 1 aromatic heterocycles. The highest BCUT2D eigenvalue weighted by molar-refractivity contribution is 8.01. The third-order valence-corrected chi connectivity index (χ3v) is 6.26. The van der Waals surface area contributed by atoms with Crippen molar-refractivity contribution in [3.8, 4) is 0 Å². The Morgan fingerprint density at radius 1 is 1.25 bits per heavy atom. The van der Waals surface area contributed by atoms with E-state index in [1.807, 2.05) is 42.6 Å². The van der Waals surface area contributed by atoms with Gasteiger partial charge in [0.25, 0.3) is 5.91 Å². The number of carbonyl (C=O) groups is 2. The fourth-order valence-electron chi connectivity index (χ4n) is 2.82. The van der Waals surface area contributed by atoms with Crippen LogP contribution < -0.4 is 15.5 Å². The van der Waals surface area contributed by atoms with Crippen LogP contribution in [0.1, 0.15) is 16.1 Å². The van der Waals surface area contributed by atoms with Crippen LogP contribution in [0.25, 0.3) is 0 Å². The fourth-order valence-corrected chi connectivity index (χ4v) is 4.63. The lowest BCUT2D eigenvalue weighted by Gasteiger charge is -2.15. The average Bonchev–Trinajstić information content (AvgIpc) is 3.31. The van der Waals surface area contributed by atoms with Crippen molar-refractivity contribution in [1.82, 2.24) is 10.3 Å². The standard InChI is InChI=1S/C20H18N4O2S2/c1-13-12-27-20(22-13)28-17-7-5-15(6-8-17)23-18(25)14-3-2-4-16(11-14)24-10-9-21-19(24)26/h2-8,11-12H,9-10H2,1H3,(H,21,26)(H,23,25). The third kappa shape index (κ3) is 4.18. The molecule has 0 radical (unpaired) electrons. The van der Waals surface area contributed by atoms with E-state index in [1.165, 1.54) is 0 Å². The molecule has 0 atom stereocenters. The van der Waals surface area contributed by atoms with Crippen LogP contribution in [0, 0.1) is 6.92 Å². The zero-order valence-electron chi connectivity index (χ0n) is 15.1. The topological polar surface area (TPSA) is 74.3 Å². The Morgan fingerprint density at radius 3 is 2.75 bits per heavy atom. The Bertz CT molecular complexity index is 1020. The normalized spacial score (nSPS) is 13.5. The summed E-state index contributed by atoms with van der Waals surface area (Å²) in [7, 11) is 0. The van der Waals surface area contributed by atoms with Crippen LogP contribution in [-0.2, 0) is 0 Å². The molecule has 1 aliphatic heterocycles. The minimum Gasteiger partial charge on any atom is -0.336 e. The molecule has 0 spiro atoms. The Balaban J connectivity index is 1.42. The summed E-state index contributed by atoms with van der Waals surface area (Å²) in [5.74, 6) is -0.211. The summed E-state index contributed by atoms with van der Waals surface area (Å²) in [5, 5.41) is 7.69. The number of nitrogens with zero attached hydrogens (tertiary/aromatic N) is 2. The summed E-state index contributed by atoms with van der Waals surface area (Å²) in [6, 6.07) is 14.6. The lowest BCUT2D eigenvalue weighted by molar-refractivity contribution is 0.102. The van der Waals surface area contributed by atoms with Crippen LogP contribution in [0.15, 0.2) is 63.1 Å². The van der Waals surface area contributed by atoms with Gasteiger partial charge in [0.2, 0.25) is 0 Å². The lowest BCUT2D eigenvalue weighted by Crippen LogP contribution is -2.27. The highest BCUT2D eigenvalue weighted by Crippen LogP contribution is 2.31. The maximum absolute atomic E-state index is 12.6. The quantitative estimate of drug-likeness (QED) is 0.654.